The fourth-order valence-electron chi connectivity index (χ4n) is 2.38. The van der Waals surface area contributed by atoms with E-state index < -0.39 is 0 Å². The van der Waals surface area contributed by atoms with Crippen LogP contribution >= 0.6 is 0 Å². The van der Waals surface area contributed by atoms with Crippen molar-refractivity contribution in [1.29, 1.82) is 0 Å². The summed E-state index contributed by atoms with van der Waals surface area (Å²) in [5, 5.41) is 14.4. The molecule has 20 heavy (non-hydrogen) atoms. The third-order valence-electron chi connectivity index (χ3n) is 3.50. The number of nitrogens with zero attached hydrogens (tertiary/aromatic N) is 2. The minimum atomic E-state index is 0.158. The molecule has 0 aliphatic rings. The number of aromatic hydroxyl groups is 1. The first kappa shape index (κ1) is 14.4. The van der Waals surface area contributed by atoms with E-state index in [0.717, 1.165) is 48.4 Å². The standard InChI is InChI=1S/C16H22N2O2/c1-4-6-7-14-15(5-2)18(17-16(14)19)12-8-10-13(20-3)11-9-12/h8-11H,4-7H2,1-3H3,(H,17,19). The van der Waals surface area contributed by atoms with Gasteiger partial charge in [-0.2, -0.15) is 0 Å². The Morgan fingerprint density at radius 2 is 1.90 bits per heavy atom. The molecule has 2 aromatic rings. The van der Waals surface area contributed by atoms with Gasteiger partial charge in [0.1, 0.15) is 5.75 Å². The monoisotopic (exact) mass is 274 g/mol. The lowest BCUT2D eigenvalue weighted by Gasteiger charge is -2.08. The Kier molecular flexibility index (Phi) is 4.66. The van der Waals surface area contributed by atoms with Gasteiger partial charge >= 0.3 is 0 Å². The highest BCUT2D eigenvalue weighted by molar-refractivity contribution is 5.42. The molecular weight excluding hydrogens is 252 g/mol. The third-order valence-corrected chi connectivity index (χ3v) is 3.50. The molecule has 0 bridgehead atoms. The minimum Gasteiger partial charge on any atom is -0.497 e. The van der Waals surface area contributed by atoms with Crippen LogP contribution in [0.1, 0.15) is 37.9 Å². The van der Waals surface area contributed by atoms with Crippen LogP contribution in [0.3, 0.4) is 0 Å². The molecule has 4 heteroatoms. The van der Waals surface area contributed by atoms with E-state index >= 15 is 0 Å². The molecule has 0 fully saturated rings. The minimum absolute atomic E-state index is 0.158. The number of hydrogen-bond donors (Lipinski definition) is 1. The van der Waals surface area contributed by atoms with Gasteiger partial charge in [-0.05, 0) is 43.5 Å². The molecule has 2 rings (SSSR count). The van der Waals surface area contributed by atoms with Gasteiger partial charge in [0.25, 0.3) is 0 Å². The molecule has 0 unspecified atom stereocenters. The van der Waals surface area contributed by atoms with Crippen molar-refractivity contribution in [3.05, 3.63) is 35.5 Å². The average molecular weight is 274 g/mol. The Balaban J connectivity index is 2.39. The Labute approximate surface area is 120 Å². The summed E-state index contributed by atoms with van der Waals surface area (Å²) in [5.74, 6) is 0.973. The fourth-order valence-corrected chi connectivity index (χ4v) is 2.38. The van der Waals surface area contributed by atoms with Gasteiger partial charge in [0.15, 0.2) is 0 Å². The zero-order valence-corrected chi connectivity index (χ0v) is 12.4. The molecule has 0 amide bonds. The molecule has 4 nitrogen and oxygen atoms in total. The molecule has 1 heterocycles. The van der Waals surface area contributed by atoms with Crippen molar-refractivity contribution in [3.8, 4) is 17.3 Å². The molecule has 0 aliphatic heterocycles. The van der Waals surface area contributed by atoms with Crippen LogP contribution in [-0.2, 0) is 12.8 Å². The zero-order valence-electron chi connectivity index (χ0n) is 12.4. The van der Waals surface area contributed by atoms with E-state index in [9.17, 15) is 5.11 Å². The Bertz CT molecular complexity index is 559. The van der Waals surface area contributed by atoms with Gasteiger partial charge in [0.2, 0.25) is 5.88 Å². The van der Waals surface area contributed by atoms with Gasteiger partial charge in [0, 0.05) is 5.56 Å². The highest BCUT2D eigenvalue weighted by Crippen LogP contribution is 2.26. The van der Waals surface area contributed by atoms with Gasteiger partial charge in [-0.25, -0.2) is 4.68 Å². The average Bonchev–Trinajstić information content (AvgIpc) is 2.81. The van der Waals surface area contributed by atoms with Crippen LogP contribution in [0.4, 0.5) is 0 Å². The van der Waals surface area contributed by atoms with E-state index in [1.54, 1.807) is 7.11 Å². The molecule has 0 aliphatic carbocycles. The largest absolute Gasteiger partial charge is 0.497 e. The van der Waals surface area contributed by atoms with Crippen LogP contribution in [0.2, 0.25) is 0 Å². The smallest absolute Gasteiger partial charge is 0.234 e. The normalized spacial score (nSPS) is 10.8. The molecule has 108 valence electrons. The predicted molar refractivity (Wildman–Crippen MR) is 79.8 cm³/mol. The summed E-state index contributed by atoms with van der Waals surface area (Å²) >= 11 is 0. The predicted octanol–water partition coefficient (Wildman–Crippen LogP) is 3.49. The summed E-state index contributed by atoms with van der Waals surface area (Å²) < 4.78 is 7.00. The number of ether oxygens (including phenoxy) is 1. The van der Waals surface area contributed by atoms with Gasteiger partial charge in [-0.1, -0.05) is 20.3 Å². The van der Waals surface area contributed by atoms with Crippen LogP contribution in [-0.4, -0.2) is 22.0 Å². The first-order valence-electron chi connectivity index (χ1n) is 7.15. The zero-order chi connectivity index (χ0) is 14.5. The highest BCUT2D eigenvalue weighted by Gasteiger charge is 2.16. The quantitative estimate of drug-likeness (QED) is 0.877. The van der Waals surface area contributed by atoms with Crippen molar-refractivity contribution in [2.45, 2.75) is 39.5 Å². The number of unbranched alkanes of at least 4 members (excludes halogenated alkanes) is 1. The van der Waals surface area contributed by atoms with Crippen LogP contribution < -0.4 is 4.74 Å². The van der Waals surface area contributed by atoms with Crippen molar-refractivity contribution in [2.75, 3.05) is 7.11 Å². The SMILES string of the molecule is CCCCc1c(O)nn(-c2ccc(OC)cc2)c1CC. The number of benzene rings is 1. The van der Waals surface area contributed by atoms with E-state index in [0.29, 0.717) is 0 Å². The third kappa shape index (κ3) is 2.79. The van der Waals surface area contributed by atoms with Crippen LogP contribution in [0, 0.1) is 0 Å². The molecule has 1 aromatic carbocycles. The topological polar surface area (TPSA) is 47.3 Å². The summed E-state index contributed by atoms with van der Waals surface area (Å²) in [5.41, 5.74) is 3.01. The van der Waals surface area contributed by atoms with Crippen LogP contribution in [0.5, 0.6) is 11.6 Å². The number of aromatic nitrogens is 2. The summed E-state index contributed by atoms with van der Waals surface area (Å²) in [6.45, 7) is 4.24. The van der Waals surface area contributed by atoms with Crippen LogP contribution in [0.15, 0.2) is 24.3 Å². The number of hydrogen-bond acceptors (Lipinski definition) is 3. The van der Waals surface area contributed by atoms with Gasteiger partial charge in [0.05, 0.1) is 18.5 Å². The highest BCUT2D eigenvalue weighted by atomic mass is 16.5. The van der Waals surface area contributed by atoms with Gasteiger partial charge in [-0.3, -0.25) is 0 Å². The lowest BCUT2D eigenvalue weighted by molar-refractivity contribution is 0.414. The maximum absolute atomic E-state index is 10.1. The lowest BCUT2D eigenvalue weighted by atomic mass is 10.1. The van der Waals surface area contributed by atoms with Crippen molar-refractivity contribution >= 4 is 0 Å². The van der Waals surface area contributed by atoms with Crippen LogP contribution in [0.25, 0.3) is 5.69 Å². The first-order chi connectivity index (χ1) is 9.71. The number of methoxy groups -OCH3 is 1. The Morgan fingerprint density at radius 3 is 2.45 bits per heavy atom. The van der Waals surface area contributed by atoms with E-state index in [-0.39, 0.29) is 5.88 Å². The van der Waals surface area contributed by atoms with Crippen molar-refractivity contribution < 1.29 is 9.84 Å². The lowest BCUT2D eigenvalue weighted by Crippen LogP contribution is -2.02. The number of rotatable bonds is 6. The van der Waals surface area contributed by atoms with E-state index in [1.165, 1.54) is 0 Å². The molecule has 0 spiro atoms. The van der Waals surface area contributed by atoms with E-state index in [2.05, 4.69) is 18.9 Å². The van der Waals surface area contributed by atoms with Crippen molar-refractivity contribution in [3.63, 3.8) is 0 Å². The molecule has 0 radical (unpaired) electrons. The van der Waals surface area contributed by atoms with Gasteiger partial charge in [-0.15, -0.1) is 5.10 Å². The molecule has 1 N–H and O–H groups in total. The molecule has 0 atom stereocenters. The first-order valence-corrected chi connectivity index (χ1v) is 7.15. The Morgan fingerprint density at radius 1 is 1.20 bits per heavy atom. The van der Waals surface area contributed by atoms with Crippen molar-refractivity contribution in [1.82, 2.24) is 9.78 Å². The second-order valence-corrected chi connectivity index (χ2v) is 4.82. The van der Waals surface area contributed by atoms with Gasteiger partial charge < -0.3 is 9.84 Å². The summed E-state index contributed by atoms with van der Waals surface area (Å²) in [6, 6.07) is 7.71. The second kappa shape index (κ2) is 6.46. The molecule has 1 aromatic heterocycles. The molecule has 0 saturated heterocycles. The second-order valence-electron chi connectivity index (χ2n) is 4.82. The summed E-state index contributed by atoms with van der Waals surface area (Å²) in [4.78, 5) is 0. The fraction of sp³-hybridized carbons (Fsp3) is 0.438. The van der Waals surface area contributed by atoms with E-state index in [1.807, 2.05) is 28.9 Å². The molecule has 0 saturated carbocycles. The molecular formula is C16H22N2O2. The maximum atomic E-state index is 10.1. The maximum Gasteiger partial charge on any atom is 0.234 e. The van der Waals surface area contributed by atoms with Crippen molar-refractivity contribution in [2.24, 2.45) is 0 Å². The van der Waals surface area contributed by atoms with E-state index in [4.69, 9.17) is 4.74 Å². The Hall–Kier alpha value is -1.97. The summed E-state index contributed by atoms with van der Waals surface area (Å²) in [7, 11) is 1.65. The summed E-state index contributed by atoms with van der Waals surface area (Å²) in [6.07, 6.45) is 3.89.